The summed E-state index contributed by atoms with van der Waals surface area (Å²) in [6, 6.07) is -0.687. The van der Waals surface area contributed by atoms with Crippen LogP contribution in [-0.4, -0.2) is 12.2 Å². The van der Waals surface area contributed by atoms with Gasteiger partial charge >= 0.3 is 6.18 Å². The van der Waals surface area contributed by atoms with Crippen LogP contribution in [0.4, 0.5) is 13.2 Å². The van der Waals surface area contributed by atoms with Gasteiger partial charge in [-0.25, -0.2) is 0 Å². The Bertz CT molecular complexity index is 159. The molecule has 1 aliphatic carbocycles. The average Bonchev–Trinajstić information content (AvgIpc) is 2.27. The molecule has 2 N–H and O–H groups in total. The molecule has 1 rings (SSSR count). The third kappa shape index (κ3) is 4.31. The zero-order valence-corrected chi connectivity index (χ0v) is 8.32. The van der Waals surface area contributed by atoms with E-state index in [1.54, 1.807) is 0 Å². The van der Waals surface area contributed by atoms with Crippen LogP contribution in [0.5, 0.6) is 0 Å². The standard InChI is InChI=1S/C10H18F3N/c11-10(12,13)7-9(14)8-5-3-1-2-4-6-8/h8-9H,1-7,14H2. The predicted molar refractivity (Wildman–Crippen MR) is 49.8 cm³/mol. The highest BCUT2D eigenvalue weighted by molar-refractivity contribution is 4.77. The minimum Gasteiger partial charge on any atom is -0.327 e. The number of rotatable bonds is 2. The third-order valence-corrected chi connectivity index (χ3v) is 2.97. The molecule has 1 nitrogen and oxygen atoms in total. The zero-order chi connectivity index (χ0) is 10.6. The van der Waals surface area contributed by atoms with E-state index in [1.165, 1.54) is 0 Å². The molecular formula is C10H18F3N. The van der Waals surface area contributed by atoms with Crippen molar-refractivity contribution in [2.45, 2.75) is 57.2 Å². The Balaban J connectivity index is 2.37. The van der Waals surface area contributed by atoms with Crippen LogP contribution in [-0.2, 0) is 0 Å². The third-order valence-electron chi connectivity index (χ3n) is 2.97. The molecule has 4 heteroatoms. The maximum Gasteiger partial charge on any atom is 0.390 e. The molecular weight excluding hydrogens is 191 g/mol. The zero-order valence-electron chi connectivity index (χ0n) is 8.32. The molecule has 0 spiro atoms. The summed E-state index contributed by atoms with van der Waals surface area (Å²) in [4.78, 5) is 0. The predicted octanol–water partition coefficient (Wildman–Crippen LogP) is 3.24. The molecule has 14 heavy (non-hydrogen) atoms. The van der Waals surface area contributed by atoms with E-state index >= 15 is 0 Å². The Labute approximate surface area is 82.9 Å². The molecule has 0 amide bonds. The van der Waals surface area contributed by atoms with E-state index in [2.05, 4.69) is 0 Å². The molecule has 0 bridgehead atoms. The summed E-state index contributed by atoms with van der Waals surface area (Å²) >= 11 is 0. The largest absolute Gasteiger partial charge is 0.390 e. The van der Waals surface area contributed by atoms with E-state index < -0.39 is 18.6 Å². The lowest BCUT2D eigenvalue weighted by Crippen LogP contribution is -2.34. The van der Waals surface area contributed by atoms with Gasteiger partial charge in [0.2, 0.25) is 0 Å². The smallest absolute Gasteiger partial charge is 0.327 e. The van der Waals surface area contributed by atoms with Crippen LogP contribution in [0.2, 0.25) is 0 Å². The molecule has 0 aromatic rings. The monoisotopic (exact) mass is 209 g/mol. The minimum absolute atomic E-state index is 0.0825. The number of halogens is 3. The van der Waals surface area contributed by atoms with Gasteiger partial charge < -0.3 is 5.73 Å². The van der Waals surface area contributed by atoms with Gasteiger partial charge in [0.05, 0.1) is 6.42 Å². The molecule has 0 saturated heterocycles. The lowest BCUT2D eigenvalue weighted by Gasteiger charge is -2.23. The van der Waals surface area contributed by atoms with E-state index in [0.717, 1.165) is 38.5 Å². The van der Waals surface area contributed by atoms with Gasteiger partial charge in [-0.15, -0.1) is 0 Å². The van der Waals surface area contributed by atoms with Gasteiger partial charge in [0.1, 0.15) is 0 Å². The molecule has 0 aliphatic heterocycles. The van der Waals surface area contributed by atoms with Gasteiger partial charge in [-0.05, 0) is 18.8 Å². The molecule has 0 heterocycles. The van der Waals surface area contributed by atoms with E-state index in [0.29, 0.717) is 0 Å². The van der Waals surface area contributed by atoms with Gasteiger partial charge in [-0.2, -0.15) is 13.2 Å². The summed E-state index contributed by atoms with van der Waals surface area (Å²) in [6.07, 6.45) is 1.19. The maximum atomic E-state index is 12.1. The van der Waals surface area contributed by atoms with Crippen LogP contribution in [0, 0.1) is 5.92 Å². The quantitative estimate of drug-likeness (QED) is 0.694. The summed E-state index contributed by atoms with van der Waals surface area (Å²) in [5.41, 5.74) is 5.58. The first kappa shape index (κ1) is 11.8. The normalized spacial score (nSPS) is 23.1. The lowest BCUT2D eigenvalue weighted by molar-refractivity contribution is -0.141. The number of hydrogen-bond acceptors (Lipinski definition) is 1. The van der Waals surface area contributed by atoms with Crippen LogP contribution in [0.15, 0.2) is 0 Å². The fraction of sp³-hybridized carbons (Fsp3) is 1.00. The van der Waals surface area contributed by atoms with Crippen LogP contribution >= 0.6 is 0 Å². The molecule has 1 unspecified atom stereocenters. The van der Waals surface area contributed by atoms with Crippen LogP contribution in [0.25, 0.3) is 0 Å². The van der Waals surface area contributed by atoms with Crippen molar-refractivity contribution in [3.8, 4) is 0 Å². The first-order valence-electron chi connectivity index (χ1n) is 5.31. The SMILES string of the molecule is NC(CC(F)(F)F)C1CCCCCC1. The lowest BCUT2D eigenvalue weighted by atomic mass is 9.90. The Hall–Kier alpha value is -0.250. The van der Waals surface area contributed by atoms with Gasteiger partial charge in [0, 0.05) is 6.04 Å². The van der Waals surface area contributed by atoms with Crippen molar-refractivity contribution in [1.29, 1.82) is 0 Å². The van der Waals surface area contributed by atoms with Crippen molar-refractivity contribution in [2.75, 3.05) is 0 Å². The second kappa shape index (κ2) is 5.01. The second-order valence-electron chi connectivity index (χ2n) is 4.23. The van der Waals surface area contributed by atoms with Crippen LogP contribution in [0.1, 0.15) is 44.9 Å². The fourth-order valence-electron chi connectivity index (χ4n) is 2.17. The highest BCUT2D eigenvalue weighted by atomic mass is 19.4. The van der Waals surface area contributed by atoms with Crippen molar-refractivity contribution in [3.05, 3.63) is 0 Å². The Kier molecular flexibility index (Phi) is 4.23. The van der Waals surface area contributed by atoms with E-state index in [1.807, 2.05) is 0 Å². The van der Waals surface area contributed by atoms with Crippen LogP contribution < -0.4 is 5.73 Å². The number of alkyl halides is 3. The van der Waals surface area contributed by atoms with Crippen molar-refractivity contribution in [1.82, 2.24) is 0 Å². The molecule has 1 atom stereocenters. The minimum atomic E-state index is -4.11. The first-order chi connectivity index (χ1) is 6.49. The summed E-state index contributed by atoms with van der Waals surface area (Å²) in [5.74, 6) is 0.0825. The van der Waals surface area contributed by atoms with Gasteiger partial charge in [-0.3, -0.25) is 0 Å². The van der Waals surface area contributed by atoms with Crippen molar-refractivity contribution in [2.24, 2.45) is 11.7 Å². The highest BCUT2D eigenvalue weighted by Gasteiger charge is 2.33. The van der Waals surface area contributed by atoms with E-state index in [-0.39, 0.29) is 5.92 Å². The Morgan fingerprint density at radius 1 is 1.07 bits per heavy atom. The number of nitrogens with two attached hydrogens (primary N) is 1. The Morgan fingerprint density at radius 3 is 2.00 bits per heavy atom. The summed E-state index contributed by atoms with van der Waals surface area (Å²) < 4.78 is 36.2. The molecule has 1 saturated carbocycles. The molecule has 1 fully saturated rings. The molecule has 1 aliphatic rings. The topological polar surface area (TPSA) is 26.0 Å². The summed E-state index contributed by atoms with van der Waals surface area (Å²) in [5, 5.41) is 0. The van der Waals surface area contributed by atoms with Crippen molar-refractivity contribution >= 4 is 0 Å². The molecule has 0 aromatic heterocycles. The first-order valence-corrected chi connectivity index (χ1v) is 5.31. The van der Waals surface area contributed by atoms with E-state index in [9.17, 15) is 13.2 Å². The maximum absolute atomic E-state index is 12.1. The van der Waals surface area contributed by atoms with Crippen molar-refractivity contribution < 1.29 is 13.2 Å². The van der Waals surface area contributed by atoms with Crippen LogP contribution in [0.3, 0.4) is 0 Å². The summed E-state index contributed by atoms with van der Waals surface area (Å²) in [7, 11) is 0. The van der Waals surface area contributed by atoms with Crippen molar-refractivity contribution in [3.63, 3.8) is 0 Å². The molecule has 84 valence electrons. The average molecular weight is 209 g/mol. The fourth-order valence-corrected chi connectivity index (χ4v) is 2.17. The van der Waals surface area contributed by atoms with E-state index in [4.69, 9.17) is 5.73 Å². The second-order valence-corrected chi connectivity index (χ2v) is 4.23. The summed E-state index contributed by atoms with van der Waals surface area (Å²) in [6.45, 7) is 0. The van der Waals surface area contributed by atoms with Gasteiger partial charge in [0.25, 0.3) is 0 Å². The van der Waals surface area contributed by atoms with Gasteiger partial charge in [0.15, 0.2) is 0 Å². The highest BCUT2D eigenvalue weighted by Crippen LogP contribution is 2.30. The van der Waals surface area contributed by atoms with Gasteiger partial charge in [-0.1, -0.05) is 25.7 Å². The molecule has 0 radical (unpaired) electrons. The molecule has 0 aromatic carbocycles. The Morgan fingerprint density at radius 2 is 1.57 bits per heavy atom. The number of hydrogen-bond donors (Lipinski definition) is 1.